The number of benzene rings is 1. The smallest absolute Gasteiger partial charge is 0.231 e. The van der Waals surface area contributed by atoms with Crippen LogP contribution in [-0.2, 0) is 6.42 Å². The second kappa shape index (κ2) is 14.0. The number of likely N-dealkylation sites (tertiary alicyclic amines) is 1. The Morgan fingerprint density at radius 1 is 1.03 bits per heavy atom. The maximum atomic E-state index is 14.0. The van der Waals surface area contributed by atoms with Crippen molar-refractivity contribution < 1.29 is 9.13 Å². The molecule has 0 unspecified atom stereocenters. The molecule has 0 atom stereocenters. The van der Waals surface area contributed by atoms with Gasteiger partial charge in [0.25, 0.3) is 0 Å². The number of halogens is 1. The van der Waals surface area contributed by atoms with Crippen LogP contribution in [0.3, 0.4) is 0 Å². The molecule has 1 aromatic heterocycles. The number of piperidine rings is 1. The van der Waals surface area contributed by atoms with Crippen LogP contribution in [0.2, 0.25) is 0 Å². The number of nitrogens with one attached hydrogen (secondary N) is 2. The molecule has 0 amide bonds. The Morgan fingerprint density at radius 2 is 1.71 bits per heavy atom. The van der Waals surface area contributed by atoms with E-state index in [1.807, 2.05) is 6.07 Å². The monoisotopic (exact) mass is 487 g/mol. The SMILES string of the molecule is CCCCCCCNc1nc(NCCc2ccc(OC)c(F)c2)nc(N(C)C2CCN(C)CC2)n1. The first-order chi connectivity index (χ1) is 17.0. The van der Waals surface area contributed by atoms with Gasteiger partial charge in [0.05, 0.1) is 7.11 Å². The van der Waals surface area contributed by atoms with Gasteiger partial charge in [-0.25, -0.2) is 4.39 Å². The lowest BCUT2D eigenvalue weighted by Crippen LogP contribution is -2.42. The van der Waals surface area contributed by atoms with Gasteiger partial charge in [-0.05, 0) is 63.5 Å². The van der Waals surface area contributed by atoms with E-state index in [1.54, 1.807) is 6.07 Å². The summed E-state index contributed by atoms with van der Waals surface area (Å²) >= 11 is 0. The molecular formula is C26H42FN7O. The van der Waals surface area contributed by atoms with Crippen molar-refractivity contribution in [3.05, 3.63) is 29.6 Å². The average molecular weight is 488 g/mol. The van der Waals surface area contributed by atoms with E-state index in [4.69, 9.17) is 14.7 Å². The van der Waals surface area contributed by atoms with Crippen molar-refractivity contribution in [2.45, 2.75) is 64.3 Å². The first-order valence-corrected chi connectivity index (χ1v) is 13.0. The predicted octanol–water partition coefficient (Wildman–Crippen LogP) is 4.59. The highest BCUT2D eigenvalue weighted by molar-refractivity contribution is 5.44. The van der Waals surface area contributed by atoms with Crippen LogP contribution in [0.1, 0.15) is 57.4 Å². The third-order valence-corrected chi connectivity index (χ3v) is 6.65. The Kier molecular flexibility index (Phi) is 10.8. The van der Waals surface area contributed by atoms with Crippen LogP contribution >= 0.6 is 0 Å². The molecule has 2 aromatic rings. The van der Waals surface area contributed by atoms with Gasteiger partial charge >= 0.3 is 0 Å². The molecule has 1 aliphatic heterocycles. The van der Waals surface area contributed by atoms with Crippen molar-refractivity contribution in [2.75, 3.05) is 62.9 Å². The Balaban J connectivity index is 1.64. The minimum absolute atomic E-state index is 0.256. The van der Waals surface area contributed by atoms with Crippen molar-refractivity contribution in [3.8, 4) is 5.75 Å². The molecule has 35 heavy (non-hydrogen) atoms. The Morgan fingerprint density at radius 3 is 2.37 bits per heavy atom. The van der Waals surface area contributed by atoms with Crippen molar-refractivity contribution in [1.82, 2.24) is 19.9 Å². The quantitative estimate of drug-likeness (QED) is 0.375. The molecule has 1 fully saturated rings. The largest absolute Gasteiger partial charge is 0.494 e. The van der Waals surface area contributed by atoms with Gasteiger partial charge in [0.15, 0.2) is 11.6 Å². The maximum absolute atomic E-state index is 14.0. The Labute approximate surface area is 209 Å². The minimum Gasteiger partial charge on any atom is -0.494 e. The molecule has 1 aromatic carbocycles. The van der Waals surface area contributed by atoms with E-state index in [9.17, 15) is 4.39 Å². The zero-order valence-corrected chi connectivity index (χ0v) is 21.8. The lowest BCUT2D eigenvalue weighted by Gasteiger charge is -2.35. The molecule has 0 saturated carbocycles. The molecule has 1 aliphatic rings. The third kappa shape index (κ3) is 8.49. The first-order valence-electron chi connectivity index (χ1n) is 13.0. The van der Waals surface area contributed by atoms with E-state index in [1.165, 1.54) is 38.9 Å². The molecular weight excluding hydrogens is 445 g/mol. The number of anilines is 3. The lowest BCUT2D eigenvalue weighted by atomic mass is 10.0. The van der Waals surface area contributed by atoms with Crippen molar-refractivity contribution >= 4 is 17.8 Å². The van der Waals surface area contributed by atoms with Crippen molar-refractivity contribution in [2.24, 2.45) is 0 Å². The van der Waals surface area contributed by atoms with Gasteiger partial charge in [0.1, 0.15) is 0 Å². The Bertz CT molecular complexity index is 905. The van der Waals surface area contributed by atoms with Gasteiger partial charge in [-0.1, -0.05) is 38.7 Å². The number of ether oxygens (including phenoxy) is 1. The highest BCUT2D eigenvalue weighted by Crippen LogP contribution is 2.21. The van der Waals surface area contributed by atoms with Crippen LogP contribution in [0.4, 0.5) is 22.2 Å². The first kappa shape index (κ1) is 26.9. The zero-order chi connectivity index (χ0) is 25.0. The van der Waals surface area contributed by atoms with Crippen LogP contribution in [0, 0.1) is 5.82 Å². The van der Waals surface area contributed by atoms with Gasteiger partial charge in [0.2, 0.25) is 17.8 Å². The maximum Gasteiger partial charge on any atom is 0.231 e. The number of methoxy groups -OCH3 is 1. The second-order valence-corrected chi connectivity index (χ2v) is 9.41. The van der Waals surface area contributed by atoms with Crippen LogP contribution in [0.5, 0.6) is 5.75 Å². The molecule has 8 nitrogen and oxygen atoms in total. The van der Waals surface area contributed by atoms with Gasteiger partial charge < -0.3 is 25.2 Å². The number of aromatic nitrogens is 3. The number of unbranched alkanes of at least 4 members (excludes halogenated alkanes) is 4. The number of hydrogen-bond acceptors (Lipinski definition) is 8. The van der Waals surface area contributed by atoms with Gasteiger partial charge in [-0.2, -0.15) is 15.0 Å². The van der Waals surface area contributed by atoms with E-state index in [0.29, 0.717) is 36.9 Å². The van der Waals surface area contributed by atoms with E-state index < -0.39 is 0 Å². The highest BCUT2D eigenvalue weighted by Gasteiger charge is 2.23. The second-order valence-electron chi connectivity index (χ2n) is 9.41. The molecule has 2 heterocycles. The average Bonchev–Trinajstić information content (AvgIpc) is 2.86. The van der Waals surface area contributed by atoms with Gasteiger partial charge in [-0.3, -0.25) is 0 Å². The summed E-state index contributed by atoms with van der Waals surface area (Å²) in [4.78, 5) is 18.6. The molecule has 2 N–H and O–H groups in total. The number of hydrogen-bond donors (Lipinski definition) is 2. The van der Waals surface area contributed by atoms with E-state index in [0.717, 1.165) is 44.5 Å². The molecule has 1 saturated heterocycles. The summed E-state index contributed by atoms with van der Waals surface area (Å²) in [6.45, 7) is 5.81. The van der Waals surface area contributed by atoms with Gasteiger partial charge in [-0.15, -0.1) is 0 Å². The van der Waals surface area contributed by atoms with E-state index in [2.05, 4.69) is 46.4 Å². The number of rotatable bonds is 14. The minimum atomic E-state index is -0.349. The zero-order valence-electron chi connectivity index (χ0n) is 21.8. The summed E-state index contributed by atoms with van der Waals surface area (Å²) in [5.74, 6) is 1.73. The highest BCUT2D eigenvalue weighted by atomic mass is 19.1. The molecule has 0 spiro atoms. The molecule has 194 valence electrons. The van der Waals surface area contributed by atoms with E-state index in [-0.39, 0.29) is 11.6 Å². The molecule has 0 radical (unpaired) electrons. The molecule has 9 heteroatoms. The van der Waals surface area contributed by atoms with Crippen molar-refractivity contribution in [1.29, 1.82) is 0 Å². The standard InChI is InChI=1S/C26H42FN7O/c1-5-6-7-8-9-15-28-24-30-25(29-16-12-20-10-11-23(35-4)22(27)19-20)32-26(31-24)34(3)21-13-17-33(2)18-14-21/h10-11,19,21H,5-9,12-18H2,1-4H3,(H2,28,29,30,31,32). The van der Waals surface area contributed by atoms with E-state index >= 15 is 0 Å². The van der Waals surface area contributed by atoms with Crippen molar-refractivity contribution in [3.63, 3.8) is 0 Å². The molecule has 0 aliphatic carbocycles. The summed E-state index contributed by atoms with van der Waals surface area (Å²) in [6.07, 6.45) is 8.91. The Hall–Kier alpha value is -2.68. The topological polar surface area (TPSA) is 78.4 Å². The summed E-state index contributed by atoms with van der Waals surface area (Å²) in [7, 11) is 5.71. The van der Waals surface area contributed by atoms with Crippen LogP contribution in [0.15, 0.2) is 18.2 Å². The fraction of sp³-hybridized carbons (Fsp3) is 0.654. The normalized spacial score (nSPS) is 14.7. The third-order valence-electron chi connectivity index (χ3n) is 6.65. The summed E-state index contributed by atoms with van der Waals surface area (Å²) in [6, 6.07) is 5.45. The summed E-state index contributed by atoms with van der Waals surface area (Å²) < 4.78 is 19.0. The molecule has 3 rings (SSSR count). The summed E-state index contributed by atoms with van der Waals surface area (Å²) in [5, 5.41) is 6.71. The fourth-order valence-electron chi connectivity index (χ4n) is 4.34. The van der Waals surface area contributed by atoms with Crippen LogP contribution in [-0.4, -0.2) is 73.3 Å². The lowest BCUT2D eigenvalue weighted by molar-refractivity contribution is 0.252. The summed E-state index contributed by atoms with van der Waals surface area (Å²) in [5.41, 5.74) is 0.888. The molecule has 0 bridgehead atoms. The van der Waals surface area contributed by atoms with Gasteiger partial charge in [0, 0.05) is 26.2 Å². The number of nitrogens with zero attached hydrogens (tertiary/aromatic N) is 5. The fourth-order valence-corrected chi connectivity index (χ4v) is 4.34. The van der Waals surface area contributed by atoms with Crippen LogP contribution < -0.4 is 20.3 Å². The van der Waals surface area contributed by atoms with Crippen LogP contribution in [0.25, 0.3) is 0 Å². The predicted molar refractivity (Wildman–Crippen MR) is 141 cm³/mol.